The van der Waals surface area contributed by atoms with Gasteiger partial charge >= 0.3 is 0 Å². The van der Waals surface area contributed by atoms with E-state index in [0.29, 0.717) is 17.3 Å². The molecule has 9 nitrogen and oxygen atoms in total. The third-order valence-electron chi connectivity index (χ3n) is 3.59. The number of nitrogen functional groups attached to an aromatic ring is 1. The lowest BCUT2D eigenvalue weighted by Gasteiger charge is -2.04. The Morgan fingerprint density at radius 1 is 1.08 bits per heavy atom. The van der Waals surface area contributed by atoms with E-state index in [-0.39, 0.29) is 5.89 Å². The summed E-state index contributed by atoms with van der Waals surface area (Å²) in [4.78, 5) is 8.28. The number of nitrogens with zero attached hydrogens (tertiary/aromatic N) is 6. The van der Waals surface area contributed by atoms with Crippen LogP contribution >= 0.6 is 0 Å². The molecule has 0 aliphatic carbocycles. The number of ether oxygens (including phenoxy) is 1. The Balaban J connectivity index is 1.68. The Kier molecular flexibility index (Phi) is 3.58. The van der Waals surface area contributed by atoms with E-state index in [0.717, 1.165) is 17.0 Å². The fourth-order valence-electron chi connectivity index (χ4n) is 2.29. The van der Waals surface area contributed by atoms with Crippen molar-refractivity contribution in [3.8, 4) is 34.4 Å². The van der Waals surface area contributed by atoms with Gasteiger partial charge in [-0.25, -0.2) is 0 Å². The van der Waals surface area contributed by atoms with E-state index in [2.05, 4.69) is 25.4 Å². The van der Waals surface area contributed by atoms with Crippen molar-refractivity contribution in [2.45, 2.75) is 0 Å². The third kappa shape index (κ3) is 2.67. The fraction of sp³-hybridized carbons (Fsp3) is 0.0625. The lowest BCUT2D eigenvalue weighted by atomic mass is 10.2. The van der Waals surface area contributed by atoms with Gasteiger partial charge in [0.1, 0.15) is 5.75 Å². The number of hydrogen-bond donors (Lipinski definition) is 1. The highest BCUT2D eigenvalue weighted by atomic mass is 16.5. The fourth-order valence-corrected chi connectivity index (χ4v) is 2.29. The van der Waals surface area contributed by atoms with E-state index in [4.69, 9.17) is 15.0 Å². The molecular formula is C16H13N7O2. The molecule has 0 unspecified atom stereocenters. The third-order valence-corrected chi connectivity index (χ3v) is 3.59. The van der Waals surface area contributed by atoms with Crippen LogP contribution in [-0.2, 0) is 0 Å². The predicted molar refractivity (Wildman–Crippen MR) is 88.8 cm³/mol. The van der Waals surface area contributed by atoms with Gasteiger partial charge in [-0.2, -0.15) is 9.67 Å². The number of pyridine rings is 1. The largest absolute Gasteiger partial charge is 0.497 e. The van der Waals surface area contributed by atoms with Crippen LogP contribution in [0.3, 0.4) is 0 Å². The Bertz CT molecular complexity index is 993. The summed E-state index contributed by atoms with van der Waals surface area (Å²) in [5.74, 6) is 1.66. The van der Waals surface area contributed by atoms with Crippen LogP contribution < -0.4 is 10.5 Å². The van der Waals surface area contributed by atoms with Gasteiger partial charge in [0.15, 0.2) is 11.5 Å². The zero-order valence-corrected chi connectivity index (χ0v) is 13.2. The molecule has 0 aliphatic heterocycles. The van der Waals surface area contributed by atoms with Crippen LogP contribution in [0.4, 0.5) is 5.82 Å². The molecule has 1 aromatic carbocycles. The second-order valence-electron chi connectivity index (χ2n) is 5.09. The van der Waals surface area contributed by atoms with Gasteiger partial charge in [-0.05, 0) is 36.4 Å². The Hall–Kier alpha value is -3.75. The maximum absolute atomic E-state index is 6.15. The molecule has 0 fully saturated rings. The molecule has 0 saturated carbocycles. The summed E-state index contributed by atoms with van der Waals surface area (Å²) >= 11 is 0. The molecule has 4 rings (SSSR count). The zero-order valence-electron chi connectivity index (χ0n) is 13.2. The molecule has 0 amide bonds. The average Bonchev–Trinajstić information content (AvgIpc) is 3.29. The molecule has 4 aromatic rings. The van der Waals surface area contributed by atoms with Crippen molar-refractivity contribution in [2.75, 3.05) is 12.8 Å². The van der Waals surface area contributed by atoms with Gasteiger partial charge in [-0.1, -0.05) is 10.4 Å². The molecule has 0 saturated heterocycles. The summed E-state index contributed by atoms with van der Waals surface area (Å²) in [6.45, 7) is 0. The van der Waals surface area contributed by atoms with E-state index < -0.39 is 0 Å². The number of benzene rings is 1. The van der Waals surface area contributed by atoms with E-state index in [9.17, 15) is 0 Å². The minimum Gasteiger partial charge on any atom is -0.497 e. The van der Waals surface area contributed by atoms with Crippen molar-refractivity contribution >= 4 is 5.82 Å². The summed E-state index contributed by atoms with van der Waals surface area (Å²) in [5, 5.41) is 12.1. The Labute approximate surface area is 142 Å². The smallest absolute Gasteiger partial charge is 0.282 e. The van der Waals surface area contributed by atoms with Crippen molar-refractivity contribution in [1.82, 2.24) is 30.1 Å². The zero-order chi connectivity index (χ0) is 17.2. The van der Waals surface area contributed by atoms with E-state index >= 15 is 0 Å². The van der Waals surface area contributed by atoms with Crippen LogP contribution in [-0.4, -0.2) is 37.2 Å². The maximum Gasteiger partial charge on any atom is 0.282 e. The van der Waals surface area contributed by atoms with Crippen LogP contribution in [0.15, 0.2) is 53.3 Å². The van der Waals surface area contributed by atoms with E-state index in [1.165, 1.54) is 4.68 Å². The summed E-state index contributed by atoms with van der Waals surface area (Å²) in [7, 11) is 1.60. The summed E-state index contributed by atoms with van der Waals surface area (Å²) < 4.78 is 11.9. The second kappa shape index (κ2) is 6.04. The van der Waals surface area contributed by atoms with Gasteiger partial charge in [-0.15, -0.1) is 5.10 Å². The molecule has 124 valence electrons. The summed E-state index contributed by atoms with van der Waals surface area (Å²) in [6.07, 6.45) is 3.30. The highest BCUT2D eigenvalue weighted by Crippen LogP contribution is 2.26. The van der Waals surface area contributed by atoms with Gasteiger partial charge in [0.2, 0.25) is 5.82 Å². The summed E-state index contributed by atoms with van der Waals surface area (Å²) in [5.41, 5.74) is 8.00. The predicted octanol–water partition coefficient (Wildman–Crippen LogP) is 1.97. The topological polar surface area (TPSA) is 118 Å². The number of nitrogens with two attached hydrogens (primary N) is 1. The minimum absolute atomic E-state index is 0.198. The first kappa shape index (κ1) is 14.8. The lowest BCUT2D eigenvalue weighted by Crippen LogP contribution is -2.02. The average molecular weight is 335 g/mol. The van der Waals surface area contributed by atoms with Crippen LogP contribution in [0.25, 0.3) is 28.7 Å². The highest BCUT2D eigenvalue weighted by Gasteiger charge is 2.19. The van der Waals surface area contributed by atoms with Gasteiger partial charge in [0, 0.05) is 18.0 Å². The highest BCUT2D eigenvalue weighted by molar-refractivity contribution is 5.66. The molecule has 0 radical (unpaired) electrons. The molecule has 25 heavy (non-hydrogen) atoms. The van der Waals surface area contributed by atoms with Crippen LogP contribution in [0, 0.1) is 0 Å². The first-order valence-electron chi connectivity index (χ1n) is 7.36. The van der Waals surface area contributed by atoms with Crippen molar-refractivity contribution < 1.29 is 9.26 Å². The molecule has 3 heterocycles. The number of anilines is 1. The van der Waals surface area contributed by atoms with Crippen LogP contribution in [0.1, 0.15) is 0 Å². The molecule has 9 heteroatoms. The van der Waals surface area contributed by atoms with Crippen molar-refractivity contribution in [1.29, 1.82) is 0 Å². The molecular weight excluding hydrogens is 322 g/mol. The Morgan fingerprint density at radius 3 is 2.56 bits per heavy atom. The van der Waals surface area contributed by atoms with E-state index in [1.54, 1.807) is 31.6 Å². The quantitative estimate of drug-likeness (QED) is 0.601. The molecule has 0 atom stereocenters. The van der Waals surface area contributed by atoms with Gasteiger partial charge < -0.3 is 15.0 Å². The molecule has 0 bridgehead atoms. The standard InChI is InChI=1S/C16H13N7O2/c1-24-12-4-2-11(3-5-12)23-14(17)13(20-22-23)16-19-15(21-25-16)10-6-8-18-9-7-10/h2-9H,17H2,1H3. The minimum atomic E-state index is 0.198. The van der Waals surface area contributed by atoms with Gasteiger partial charge in [0.25, 0.3) is 5.89 Å². The number of aromatic nitrogens is 6. The lowest BCUT2D eigenvalue weighted by molar-refractivity contribution is 0.414. The molecule has 0 aliphatic rings. The molecule has 0 spiro atoms. The van der Waals surface area contributed by atoms with Crippen molar-refractivity contribution in [3.63, 3.8) is 0 Å². The first-order chi connectivity index (χ1) is 12.3. The summed E-state index contributed by atoms with van der Waals surface area (Å²) in [6, 6.07) is 10.8. The SMILES string of the molecule is COc1ccc(-n2nnc(-c3nc(-c4ccncc4)no3)c2N)cc1. The van der Waals surface area contributed by atoms with Crippen LogP contribution in [0.5, 0.6) is 5.75 Å². The molecule has 3 aromatic heterocycles. The maximum atomic E-state index is 6.15. The van der Waals surface area contributed by atoms with Crippen molar-refractivity contribution in [2.24, 2.45) is 0 Å². The Morgan fingerprint density at radius 2 is 1.84 bits per heavy atom. The number of rotatable bonds is 4. The number of hydrogen-bond acceptors (Lipinski definition) is 8. The van der Waals surface area contributed by atoms with Gasteiger partial charge in [0.05, 0.1) is 12.8 Å². The monoisotopic (exact) mass is 335 g/mol. The second-order valence-corrected chi connectivity index (χ2v) is 5.09. The normalized spacial score (nSPS) is 10.8. The van der Waals surface area contributed by atoms with Crippen LogP contribution in [0.2, 0.25) is 0 Å². The number of methoxy groups -OCH3 is 1. The molecule has 2 N–H and O–H groups in total. The first-order valence-corrected chi connectivity index (χ1v) is 7.36. The van der Waals surface area contributed by atoms with Gasteiger partial charge in [-0.3, -0.25) is 4.98 Å². The van der Waals surface area contributed by atoms with E-state index in [1.807, 2.05) is 24.3 Å². The van der Waals surface area contributed by atoms with Crippen molar-refractivity contribution in [3.05, 3.63) is 48.8 Å².